The van der Waals surface area contributed by atoms with Crippen LogP contribution in [0.4, 0.5) is 0 Å². The third-order valence-electron chi connectivity index (χ3n) is 4.21. The molecular formula is C20H17N3O3. The van der Waals surface area contributed by atoms with E-state index < -0.39 is 0 Å². The van der Waals surface area contributed by atoms with E-state index in [1.54, 1.807) is 14.2 Å². The Morgan fingerprint density at radius 3 is 2.38 bits per heavy atom. The van der Waals surface area contributed by atoms with Crippen LogP contribution in [0.1, 0.15) is 0 Å². The van der Waals surface area contributed by atoms with E-state index in [-0.39, 0.29) is 5.56 Å². The van der Waals surface area contributed by atoms with Crippen LogP contribution in [0.3, 0.4) is 0 Å². The van der Waals surface area contributed by atoms with E-state index in [4.69, 9.17) is 9.47 Å². The van der Waals surface area contributed by atoms with Crippen molar-refractivity contribution in [3.8, 4) is 34.0 Å². The van der Waals surface area contributed by atoms with Gasteiger partial charge in [-0.25, -0.2) is 9.50 Å². The van der Waals surface area contributed by atoms with Crippen molar-refractivity contribution in [1.82, 2.24) is 14.6 Å². The molecule has 2 heterocycles. The zero-order valence-electron chi connectivity index (χ0n) is 14.4. The molecule has 6 heteroatoms. The number of aromatic amines is 1. The van der Waals surface area contributed by atoms with Crippen molar-refractivity contribution in [3.05, 3.63) is 71.0 Å². The number of benzene rings is 2. The van der Waals surface area contributed by atoms with E-state index in [0.29, 0.717) is 22.8 Å². The number of H-pyrrole nitrogens is 1. The maximum Gasteiger partial charge on any atom is 0.273 e. The number of rotatable bonds is 4. The summed E-state index contributed by atoms with van der Waals surface area (Å²) in [4.78, 5) is 17.1. The van der Waals surface area contributed by atoms with Crippen molar-refractivity contribution in [3.63, 3.8) is 0 Å². The van der Waals surface area contributed by atoms with Gasteiger partial charge >= 0.3 is 0 Å². The average Bonchev–Trinajstić information content (AvgIpc) is 3.13. The number of aromatic nitrogens is 3. The minimum absolute atomic E-state index is 0.166. The molecule has 0 atom stereocenters. The number of nitrogens with one attached hydrogen (secondary N) is 1. The highest BCUT2D eigenvalue weighted by atomic mass is 16.5. The topological polar surface area (TPSA) is 68.6 Å². The Kier molecular flexibility index (Phi) is 3.93. The van der Waals surface area contributed by atoms with Gasteiger partial charge in [-0.2, -0.15) is 0 Å². The molecule has 2 aromatic heterocycles. The number of fused-ring (bicyclic) bond motifs is 1. The van der Waals surface area contributed by atoms with Gasteiger partial charge in [0.2, 0.25) is 0 Å². The molecule has 0 aliphatic carbocycles. The number of ether oxygens (including phenoxy) is 2. The van der Waals surface area contributed by atoms with Crippen molar-refractivity contribution in [2.24, 2.45) is 0 Å². The van der Waals surface area contributed by atoms with E-state index in [1.807, 2.05) is 54.6 Å². The largest absolute Gasteiger partial charge is 0.493 e. The number of methoxy groups -OCH3 is 2. The molecule has 2 aromatic carbocycles. The number of hydrogen-bond acceptors (Lipinski definition) is 4. The Labute approximate surface area is 149 Å². The standard InChI is InChI=1S/C20H17N3O3/c1-25-17-9-8-14(10-18(17)26-2)16-11-19-21-15(12-20(24)23(19)22-16)13-6-4-3-5-7-13/h3-12,22H,1-2H3. The summed E-state index contributed by atoms with van der Waals surface area (Å²) in [5.41, 5.74) is 3.57. The number of nitrogens with zero attached hydrogens (tertiary/aromatic N) is 2. The van der Waals surface area contributed by atoms with E-state index in [2.05, 4.69) is 10.1 Å². The molecule has 0 saturated heterocycles. The van der Waals surface area contributed by atoms with Gasteiger partial charge in [0.05, 0.1) is 25.6 Å². The summed E-state index contributed by atoms with van der Waals surface area (Å²) >= 11 is 0. The van der Waals surface area contributed by atoms with Crippen molar-refractivity contribution >= 4 is 5.65 Å². The highest BCUT2D eigenvalue weighted by molar-refractivity contribution is 5.69. The molecule has 4 rings (SSSR count). The molecule has 0 amide bonds. The molecule has 0 bridgehead atoms. The lowest BCUT2D eigenvalue weighted by Crippen LogP contribution is -2.14. The fraction of sp³-hybridized carbons (Fsp3) is 0.100. The summed E-state index contributed by atoms with van der Waals surface area (Å²) in [5.74, 6) is 1.27. The smallest absolute Gasteiger partial charge is 0.273 e. The second kappa shape index (κ2) is 6.40. The summed E-state index contributed by atoms with van der Waals surface area (Å²) in [6.45, 7) is 0. The molecule has 0 radical (unpaired) electrons. The van der Waals surface area contributed by atoms with Crippen LogP contribution in [-0.4, -0.2) is 28.8 Å². The van der Waals surface area contributed by atoms with Crippen molar-refractivity contribution in [2.75, 3.05) is 14.2 Å². The minimum atomic E-state index is -0.166. The second-order valence-electron chi connectivity index (χ2n) is 5.78. The minimum Gasteiger partial charge on any atom is -0.493 e. The van der Waals surface area contributed by atoms with Gasteiger partial charge in [0.25, 0.3) is 5.56 Å². The Hall–Kier alpha value is -3.54. The summed E-state index contributed by atoms with van der Waals surface area (Å²) in [6.07, 6.45) is 0. The highest BCUT2D eigenvalue weighted by Gasteiger charge is 2.11. The maximum atomic E-state index is 12.5. The third-order valence-corrected chi connectivity index (χ3v) is 4.21. The van der Waals surface area contributed by atoms with Gasteiger partial charge in [-0.05, 0) is 18.2 Å². The molecule has 0 aliphatic rings. The van der Waals surface area contributed by atoms with E-state index in [9.17, 15) is 4.79 Å². The van der Waals surface area contributed by atoms with Crippen LogP contribution in [0.25, 0.3) is 28.2 Å². The van der Waals surface area contributed by atoms with Gasteiger partial charge in [0, 0.05) is 23.3 Å². The van der Waals surface area contributed by atoms with Crippen LogP contribution in [0.15, 0.2) is 65.5 Å². The molecule has 26 heavy (non-hydrogen) atoms. The van der Waals surface area contributed by atoms with Crippen molar-refractivity contribution < 1.29 is 9.47 Å². The first-order chi connectivity index (χ1) is 12.7. The van der Waals surface area contributed by atoms with Gasteiger partial charge in [-0.1, -0.05) is 30.3 Å². The van der Waals surface area contributed by atoms with Crippen molar-refractivity contribution in [2.45, 2.75) is 0 Å². The lowest BCUT2D eigenvalue weighted by molar-refractivity contribution is 0.355. The predicted octanol–water partition coefficient (Wildman–Crippen LogP) is 3.37. The molecule has 1 N–H and O–H groups in total. The summed E-state index contributed by atoms with van der Waals surface area (Å²) in [6, 6.07) is 18.6. The second-order valence-corrected chi connectivity index (χ2v) is 5.78. The highest BCUT2D eigenvalue weighted by Crippen LogP contribution is 2.32. The molecular weight excluding hydrogens is 330 g/mol. The van der Waals surface area contributed by atoms with Crippen LogP contribution in [0, 0.1) is 0 Å². The molecule has 0 unspecified atom stereocenters. The molecule has 0 aliphatic heterocycles. The molecule has 6 nitrogen and oxygen atoms in total. The third kappa shape index (κ3) is 2.71. The van der Waals surface area contributed by atoms with E-state index in [0.717, 1.165) is 16.8 Å². The van der Waals surface area contributed by atoms with Gasteiger partial charge in [-0.15, -0.1) is 0 Å². The predicted molar refractivity (Wildman–Crippen MR) is 99.8 cm³/mol. The quantitative estimate of drug-likeness (QED) is 0.614. The average molecular weight is 347 g/mol. The Morgan fingerprint density at radius 2 is 1.65 bits per heavy atom. The van der Waals surface area contributed by atoms with Gasteiger partial charge < -0.3 is 9.47 Å². The first-order valence-corrected chi connectivity index (χ1v) is 8.10. The lowest BCUT2D eigenvalue weighted by Gasteiger charge is -2.08. The maximum absolute atomic E-state index is 12.5. The molecule has 0 saturated carbocycles. The van der Waals surface area contributed by atoms with E-state index >= 15 is 0 Å². The molecule has 0 fully saturated rings. The van der Waals surface area contributed by atoms with Crippen LogP contribution in [0.2, 0.25) is 0 Å². The SMILES string of the molecule is COc1ccc(-c2cc3nc(-c4ccccc4)cc(=O)n3[nH]2)cc1OC. The fourth-order valence-corrected chi connectivity index (χ4v) is 2.90. The van der Waals surface area contributed by atoms with Gasteiger partial charge in [0.15, 0.2) is 17.1 Å². The van der Waals surface area contributed by atoms with Crippen LogP contribution < -0.4 is 15.0 Å². The van der Waals surface area contributed by atoms with Crippen LogP contribution >= 0.6 is 0 Å². The molecule has 4 aromatic rings. The monoisotopic (exact) mass is 347 g/mol. The van der Waals surface area contributed by atoms with Crippen molar-refractivity contribution in [1.29, 1.82) is 0 Å². The first kappa shape index (κ1) is 16.0. The summed E-state index contributed by atoms with van der Waals surface area (Å²) < 4.78 is 12.0. The summed E-state index contributed by atoms with van der Waals surface area (Å²) in [7, 11) is 3.18. The Bertz CT molecular complexity index is 1130. The number of hydrogen-bond donors (Lipinski definition) is 1. The molecule has 0 spiro atoms. The van der Waals surface area contributed by atoms with Gasteiger partial charge in [0.1, 0.15) is 0 Å². The Balaban J connectivity index is 1.84. The van der Waals surface area contributed by atoms with Gasteiger partial charge in [-0.3, -0.25) is 9.89 Å². The first-order valence-electron chi connectivity index (χ1n) is 8.10. The van der Waals surface area contributed by atoms with E-state index in [1.165, 1.54) is 10.6 Å². The van der Waals surface area contributed by atoms with Crippen LogP contribution in [-0.2, 0) is 0 Å². The summed E-state index contributed by atoms with van der Waals surface area (Å²) in [5, 5.41) is 3.09. The normalized spacial score (nSPS) is 10.8. The zero-order valence-corrected chi connectivity index (χ0v) is 14.4. The fourth-order valence-electron chi connectivity index (χ4n) is 2.90. The van der Waals surface area contributed by atoms with Crippen LogP contribution in [0.5, 0.6) is 11.5 Å². The lowest BCUT2D eigenvalue weighted by atomic mass is 10.1. The Morgan fingerprint density at radius 1 is 0.885 bits per heavy atom. The zero-order chi connectivity index (χ0) is 18.1. The molecule has 130 valence electrons.